The van der Waals surface area contributed by atoms with E-state index in [1.807, 2.05) is 36.4 Å². The van der Waals surface area contributed by atoms with Crippen LogP contribution in [0.1, 0.15) is 0 Å². The van der Waals surface area contributed by atoms with Gasteiger partial charge in [-0.15, -0.1) is 0 Å². The van der Waals surface area contributed by atoms with Gasteiger partial charge in [0.2, 0.25) is 0 Å². The van der Waals surface area contributed by atoms with Gasteiger partial charge in [0.15, 0.2) is 5.82 Å². The highest BCUT2D eigenvalue weighted by Crippen LogP contribution is 2.40. The van der Waals surface area contributed by atoms with Crippen LogP contribution in [0.25, 0.3) is 94.5 Å². The number of nitrogens with zero attached hydrogens (tertiary/aromatic N) is 3. The minimum atomic E-state index is 0.659. The average Bonchev–Trinajstić information content (AvgIpc) is 3.74. The van der Waals surface area contributed by atoms with Gasteiger partial charge in [-0.2, -0.15) is 0 Å². The van der Waals surface area contributed by atoms with E-state index in [9.17, 15) is 0 Å². The van der Waals surface area contributed by atoms with Crippen LogP contribution in [0, 0.1) is 0 Å². The number of para-hydroxylation sites is 3. The van der Waals surface area contributed by atoms with E-state index in [-0.39, 0.29) is 0 Å². The Balaban J connectivity index is 1.13. The van der Waals surface area contributed by atoms with E-state index in [4.69, 9.17) is 14.4 Å². The third-order valence-corrected chi connectivity index (χ3v) is 9.62. The first-order chi connectivity index (χ1) is 24.8. The van der Waals surface area contributed by atoms with Crippen molar-refractivity contribution in [2.24, 2.45) is 0 Å². The van der Waals surface area contributed by atoms with Crippen molar-refractivity contribution in [3.8, 4) is 50.7 Å². The van der Waals surface area contributed by atoms with E-state index < -0.39 is 0 Å². The minimum absolute atomic E-state index is 0.659. The fourth-order valence-electron chi connectivity index (χ4n) is 7.25. The summed E-state index contributed by atoms with van der Waals surface area (Å²) in [6, 6.07) is 61.3. The number of fused-ring (bicyclic) bond motifs is 6. The van der Waals surface area contributed by atoms with Crippen LogP contribution >= 0.6 is 0 Å². The molecule has 7 aromatic carbocycles. The van der Waals surface area contributed by atoms with Crippen LogP contribution in [0.4, 0.5) is 0 Å². The van der Waals surface area contributed by atoms with E-state index >= 15 is 0 Å². The van der Waals surface area contributed by atoms with Gasteiger partial charge in [0.1, 0.15) is 11.2 Å². The Kier molecular flexibility index (Phi) is 6.46. The molecule has 0 N–H and O–H groups in total. The van der Waals surface area contributed by atoms with Crippen LogP contribution in [0.15, 0.2) is 180 Å². The van der Waals surface area contributed by atoms with Crippen molar-refractivity contribution in [3.63, 3.8) is 0 Å². The molecule has 50 heavy (non-hydrogen) atoms. The SMILES string of the molecule is c1ccc(-c2cc(-c3ccccc3)nc(-c3ccc4c(c3)oc3c(-c5ccc6c7ccccc7n(-c7ccccc7)c6c5)cccc34)n2)cc1. The van der Waals surface area contributed by atoms with Gasteiger partial charge in [0.25, 0.3) is 0 Å². The Morgan fingerprint density at radius 2 is 1.00 bits per heavy atom. The van der Waals surface area contributed by atoms with Crippen molar-refractivity contribution >= 4 is 43.7 Å². The molecule has 3 heterocycles. The van der Waals surface area contributed by atoms with Crippen molar-refractivity contribution in [1.82, 2.24) is 14.5 Å². The predicted octanol–water partition coefficient (Wildman–Crippen LogP) is 12.1. The first-order valence-corrected chi connectivity index (χ1v) is 16.8. The maximum atomic E-state index is 6.75. The molecule has 4 heteroatoms. The lowest BCUT2D eigenvalue weighted by molar-refractivity contribution is 0.670. The van der Waals surface area contributed by atoms with E-state index in [0.29, 0.717) is 5.82 Å². The topological polar surface area (TPSA) is 43.9 Å². The molecule has 10 aromatic rings. The highest BCUT2D eigenvalue weighted by molar-refractivity contribution is 6.13. The Morgan fingerprint density at radius 1 is 0.400 bits per heavy atom. The second-order valence-corrected chi connectivity index (χ2v) is 12.6. The molecule has 0 atom stereocenters. The summed E-state index contributed by atoms with van der Waals surface area (Å²) in [5.41, 5.74) is 12.1. The standard InChI is InChI=1S/C46H29N3O/c1-4-13-30(14-5-1)40-29-41(31-15-6-2-7-16-31)48-46(47-40)33-24-26-38-39-21-12-20-35(45(39)50-44(38)28-33)32-23-25-37-36-19-10-11-22-42(36)49(43(37)27-32)34-17-8-3-9-18-34/h1-29H. The van der Waals surface area contributed by atoms with Crippen molar-refractivity contribution < 1.29 is 4.42 Å². The zero-order valence-electron chi connectivity index (χ0n) is 27.0. The monoisotopic (exact) mass is 639 g/mol. The van der Waals surface area contributed by atoms with Crippen molar-refractivity contribution in [1.29, 1.82) is 0 Å². The normalized spacial score (nSPS) is 11.6. The third kappa shape index (κ3) is 4.61. The van der Waals surface area contributed by atoms with Crippen LogP contribution in [0.3, 0.4) is 0 Å². The first kappa shape index (κ1) is 28.3. The molecule has 0 saturated heterocycles. The quantitative estimate of drug-likeness (QED) is 0.188. The van der Waals surface area contributed by atoms with Gasteiger partial charge < -0.3 is 8.98 Å². The maximum Gasteiger partial charge on any atom is 0.160 e. The molecule has 0 saturated carbocycles. The molecule has 0 spiro atoms. The molecule has 0 fully saturated rings. The molecule has 3 aromatic heterocycles. The zero-order valence-corrected chi connectivity index (χ0v) is 27.0. The van der Waals surface area contributed by atoms with Crippen LogP contribution in [0.2, 0.25) is 0 Å². The van der Waals surface area contributed by atoms with Crippen LogP contribution in [-0.2, 0) is 0 Å². The molecule has 4 nitrogen and oxygen atoms in total. The summed E-state index contributed by atoms with van der Waals surface area (Å²) in [5.74, 6) is 0.659. The second kappa shape index (κ2) is 11.4. The number of benzene rings is 7. The van der Waals surface area contributed by atoms with Crippen LogP contribution in [-0.4, -0.2) is 14.5 Å². The molecule has 10 rings (SSSR count). The van der Waals surface area contributed by atoms with Crippen molar-refractivity contribution in [2.45, 2.75) is 0 Å². The van der Waals surface area contributed by atoms with Gasteiger partial charge in [-0.25, -0.2) is 9.97 Å². The lowest BCUT2D eigenvalue weighted by Gasteiger charge is -2.09. The third-order valence-electron chi connectivity index (χ3n) is 9.62. The number of hydrogen-bond acceptors (Lipinski definition) is 3. The first-order valence-electron chi connectivity index (χ1n) is 16.8. The van der Waals surface area contributed by atoms with E-state index in [1.54, 1.807) is 0 Å². The molecule has 0 radical (unpaired) electrons. The van der Waals surface area contributed by atoms with Crippen molar-refractivity contribution in [3.05, 3.63) is 176 Å². The molecule has 0 amide bonds. The Morgan fingerprint density at radius 3 is 1.74 bits per heavy atom. The highest BCUT2D eigenvalue weighted by Gasteiger charge is 2.18. The Bertz CT molecular complexity index is 2800. The summed E-state index contributed by atoms with van der Waals surface area (Å²) in [6.07, 6.45) is 0. The predicted molar refractivity (Wildman–Crippen MR) is 205 cm³/mol. The van der Waals surface area contributed by atoms with Gasteiger partial charge in [-0.3, -0.25) is 0 Å². The van der Waals surface area contributed by atoms with Gasteiger partial charge in [0, 0.05) is 49.5 Å². The zero-order chi connectivity index (χ0) is 33.0. The van der Waals surface area contributed by atoms with Crippen LogP contribution in [0.5, 0.6) is 0 Å². The fourth-order valence-corrected chi connectivity index (χ4v) is 7.25. The molecule has 0 unspecified atom stereocenters. The lowest BCUT2D eigenvalue weighted by atomic mass is 10.0. The smallest absolute Gasteiger partial charge is 0.160 e. The Labute approximate surface area is 288 Å². The number of hydrogen-bond donors (Lipinski definition) is 0. The summed E-state index contributed by atoms with van der Waals surface area (Å²) < 4.78 is 9.11. The average molecular weight is 640 g/mol. The summed E-state index contributed by atoms with van der Waals surface area (Å²) >= 11 is 0. The number of furan rings is 1. The summed E-state index contributed by atoms with van der Waals surface area (Å²) in [5, 5.41) is 4.60. The van der Waals surface area contributed by atoms with Crippen LogP contribution < -0.4 is 0 Å². The molecular formula is C46H29N3O. The van der Waals surface area contributed by atoms with Gasteiger partial charge in [-0.1, -0.05) is 133 Å². The van der Waals surface area contributed by atoms with E-state index in [1.165, 1.54) is 16.3 Å². The van der Waals surface area contributed by atoms with Gasteiger partial charge in [0.05, 0.1) is 22.4 Å². The molecular weight excluding hydrogens is 611 g/mol. The molecule has 0 bridgehead atoms. The number of aromatic nitrogens is 3. The summed E-state index contributed by atoms with van der Waals surface area (Å²) in [6.45, 7) is 0. The fraction of sp³-hybridized carbons (Fsp3) is 0. The minimum Gasteiger partial charge on any atom is -0.455 e. The Hall–Kier alpha value is -6.78. The molecule has 234 valence electrons. The highest BCUT2D eigenvalue weighted by atomic mass is 16.3. The largest absolute Gasteiger partial charge is 0.455 e. The maximum absolute atomic E-state index is 6.75. The second-order valence-electron chi connectivity index (χ2n) is 12.6. The molecule has 0 aliphatic rings. The lowest BCUT2D eigenvalue weighted by Crippen LogP contribution is -1.95. The van der Waals surface area contributed by atoms with Gasteiger partial charge >= 0.3 is 0 Å². The van der Waals surface area contributed by atoms with Gasteiger partial charge in [-0.05, 0) is 48.0 Å². The van der Waals surface area contributed by atoms with Crippen molar-refractivity contribution in [2.75, 3.05) is 0 Å². The molecule has 0 aliphatic heterocycles. The van der Waals surface area contributed by atoms with E-state index in [0.717, 1.165) is 72.3 Å². The summed E-state index contributed by atoms with van der Waals surface area (Å²) in [7, 11) is 0. The number of rotatable bonds is 5. The summed E-state index contributed by atoms with van der Waals surface area (Å²) in [4.78, 5) is 10.1. The molecule has 0 aliphatic carbocycles. The van der Waals surface area contributed by atoms with E-state index in [2.05, 4.69) is 144 Å².